The second-order valence-electron chi connectivity index (χ2n) is 14.1. The van der Waals surface area contributed by atoms with E-state index in [0.717, 1.165) is 22.3 Å². The van der Waals surface area contributed by atoms with Crippen LogP contribution in [0.3, 0.4) is 0 Å². The maximum absolute atomic E-state index is 14.8. The fraction of sp³-hybridized carbons (Fsp3) is 0.174. The monoisotopic (exact) mass is 680 g/mol. The number of carbonyl (C=O) groups excluding carboxylic acids is 4. The lowest BCUT2D eigenvalue weighted by molar-refractivity contribution is -0.124. The third-order valence-electron chi connectivity index (χ3n) is 11.5. The maximum atomic E-state index is 14.8. The molecular formula is C46H36N2O4. The Kier molecular flexibility index (Phi) is 7.88. The van der Waals surface area contributed by atoms with Crippen molar-refractivity contribution in [1.82, 2.24) is 0 Å². The number of para-hydroxylation sites is 2. The summed E-state index contributed by atoms with van der Waals surface area (Å²) in [6.45, 7) is 0. The van der Waals surface area contributed by atoms with Crippen LogP contribution in [-0.2, 0) is 19.2 Å². The molecule has 2 saturated heterocycles. The summed E-state index contributed by atoms with van der Waals surface area (Å²) in [7, 11) is 0. The number of allylic oxidation sites excluding steroid dienone is 4. The third-order valence-corrected chi connectivity index (χ3v) is 11.5. The van der Waals surface area contributed by atoms with Gasteiger partial charge in [-0.25, -0.2) is 9.80 Å². The van der Waals surface area contributed by atoms with Crippen LogP contribution in [-0.4, -0.2) is 23.6 Å². The average Bonchev–Trinajstić information content (AvgIpc) is 3.63. The van der Waals surface area contributed by atoms with Crippen LogP contribution in [0.4, 0.5) is 11.4 Å². The number of hydrogen-bond acceptors (Lipinski definition) is 4. The van der Waals surface area contributed by atoms with E-state index in [0.29, 0.717) is 0 Å². The molecule has 2 heterocycles. The molecule has 5 aromatic carbocycles. The number of hydrogen-bond donors (Lipinski definition) is 0. The Morgan fingerprint density at radius 2 is 0.500 bits per heavy atom. The van der Waals surface area contributed by atoms with Crippen molar-refractivity contribution in [2.24, 2.45) is 23.7 Å². The molecule has 9 rings (SSSR count). The summed E-state index contributed by atoms with van der Waals surface area (Å²) in [4.78, 5) is 61.9. The fourth-order valence-corrected chi connectivity index (χ4v) is 9.19. The molecule has 6 heteroatoms. The van der Waals surface area contributed by atoms with E-state index < -0.39 is 23.7 Å². The van der Waals surface area contributed by atoms with Crippen LogP contribution in [0.5, 0.6) is 0 Å². The van der Waals surface area contributed by atoms with Crippen LogP contribution >= 0.6 is 0 Å². The Labute approximate surface area is 302 Å². The minimum atomic E-state index is -0.667. The lowest BCUT2D eigenvalue weighted by Gasteiger charge is -2.32. The molecule has 0 spiro atoms. The summed E-state index contributed by atoms with van der Waals surface area (Å²) in [5, 5.41) is 0. The number of rotatable bonds is 6. The van der Waals surface area contributed by atoms with Gasteiger partial charge in [-0.2, -0.15) is 0 Å². The number of benzene rings is 5. The second-order valence-corrected chi connectivity index (χ2v) is 14.1. The van der Waals surface area contributed by atoms with Gasteiger partial charge in [0.15, 0.2) is 0 Å². The molecule has 4 amide bonds. The molecule has 0 unspecified atom stereocenters. The molecule has 2 fully saturated rings. The van der Waals surface area contributed by atoms with Gasteiger partial charge in [0.05, 0.1) is 35.0 Å². The van der Waals surface area contributed by atoms with Gasteiger partial charge in [-0.3, -0.25) is 19.2 Å². The molecule has 0 saturated carbocycles. The highest BCUT2D eigenvalue weighted by molar-refractivity contribution is 6.28. The molecule has 2 aliphatic heterocycles. The number of imide groups is 2. The second kappa shape index (κ2) is 12.9. The Balaban J connectivity index is 1.15. The van der Waals surface area contributed by atoms with Crippen LogP contribution in [0, 0.1) is 23.7 Å². The highest BCUT2D eigenvalue weighted by Crippen LogP contribution is 2.54. The standard InChI is InChI=1S/C46H36N2O4/c49-43-39-33(29-15-5-1-6-16-29)25-26-34(30-17-7-2-8-18-30)40(39)44(50)47(43)37-23-13-14-24-38(37)48-45(51)41-35(31-19-9-3-10-20-31)27-28-36(42(41)46(48)52)32-21-11-4-12-22-32/h1-28,33-36,39-42H/t33-,34+,35-,36+,39-,40-,41+,42-/m1/s1. The Bertz CT molecular complexity index is 1940. The topological polar surface area (TPSA) is 74.8 Å². The zero-order valence-corrected chi connectivity index (χ0v) is 28.3. The summed E-state index contributed by atoms with van der Waals surface area (Å²) in [6, 6.07) is 46.1. The van der Waals surface area contributed by atoms with E-state index >= 15 is 0 Å². The molecule has 52 heavy (non-hydrogen) atoms. The van der Waals surface area contributed by atoms with Crippen molar-refractivity contribution in [1.29, 1.82) is 0 Å². The normalized spacial score (nSPS) is 27.9. The van der Waals surface area contributed by atoms with Gasteiger partial charge in [-0.1, -0.05) is 158 Å². The van der Waals surface area contributed by atoms with Crippen molar-refractivity contribution >= 4 is 35.0 Å². The van der Waals surface area contributed by atoms with Gasteiger partial charge in [0.2, 0.25) is 23.6 Å². The zero-order valence-electron chi connectivity index (χ0n) is 28.3. The van der Waals surface area contributed by atoms with Crippen molar-refractivity contribution in [2.45, 2.75) is 23.7 Å². The predicted molar refractivity (Wildman–Crippen MR) is 200 cm³/mol. The molecule has 254 valence electrons. The van der Waals surface area contributed by atoms with Gasteiger partial charge in [0.25, 0.3) is 0 Å². The smallest absolute Gasteiger partial charge is 0.238 e. The summed E-state index contributed by atoms with van der Waals surface area (Å²) in [5.74, 6) is -5.26. The van der Waals surface area contributed by atoms with Crippen molar-refractivity contribution in [2.75, 3.05) is 9.80 Å². The van der Waals surface area contributed by atoms with E-state index in [1.54, 1.807) is 24.3 Å². The number of anilines is 2. The van der Waals surface area contributed by atoms with Crippen LogP contribution in [0.15, 0.2) is 170 Å². The lowest BCUT2D eigenvalue weighted by atomic mass is 9.68. The molecule has 0 radical (unpaired) electrons. The summed E-state index contributed by atoms with van der Waals surface area (Å²) in [5.41, 5.74) is 4.33. The average molecular weight is 681 g/mol. The molecule has 4 aliphatic rings. The first-order valence-corrected chi connectivity index (χ1v) is 17.9. The molecule has 2 aliphatic carbocycles. The van der Waals surface area contributed by atoms with Crippen LogP contribution < -0.4 is 9.80 Å². The van der Waals surface area contributed by atoms with E-state index in [9.17, 15) is 19.2 Å². The number of nitrogens with zero attached hydrogens (tertiary/aromatic N) is 2. The van der Waals surface area contributed by atoms with E-state index in [-0.39, 0.29) is 58.7 Å². The van der Waals surface area contributed by atoms with Gasteiger partial charge in [-0.05, 0) is 34.4 Å². The number of amides is 4. The largest absolute Gasteiger partial charge is 0.274 e. The maximum Gasteiger partial charge on any atom is 0.238 e. The highest BCUT2D eigenvalue weighted by Gasteiger charge is 2.59. The Morgan fingerprint density at radius 3 is 0.731 bits per heavy atom. The molecule has 6 nitrogen and oxygen atoms in total. The van der Waals surface area contributed by atoms with Crippen LogP contribution in [0.2, 0.25) is 0 Å². The molecule has 0 aromatic heterocycles. The van der Waals surface area contributed by atoms with Gasteiger partial charge < -0.3 is 0 Å². The minimum absolute atomic E-state index is 0.256. The van der Waals surface area contributed by atoms with Crippen molar-refractivity contribution in [3.63, 3.8) is 0 Å². The molecular weight excluding hydrogens is 645 g/mol. The molecule has 5 aromatic rings. The van der Waals surface area contributed by atoms with Gasteiger partial charge in [0, 0.05) is 23.7 Å². The molecule has 0 N–H and O–H groups in total. The van der Waals surface area contributed by atoms with Gasteiger partial charge in [-0.15, -0.1) is 0 Å². The SMILES string of the molecule is O=C1[C@@H]2[C@H](C(=O)N1c1ccccc1N1C(=O)[C@H]3[C@H](C1=O)[C@H](c1ccccc1)C=C[C@@H]3c1ccccc1)[C@H](c1ccccc1)C=C[C@@H]2c1ccccc1. The van der Waals surface area contributed by atoms with Gasteiger partial charge >= 0.3 is 0 Å². The summed E-state index contributed by atoms with van der Waals surface area (Å²) < 4.78 is 0. The number of carbonyl (C=O) groups is 4. The highest BCUT2D eigenvalue weighted by atomic mass is 16.2. The van der Waals surface area contributed by atoms with E-state index in [1.165, 1.54) is 9.80 Å². The van der Waals surface area contributed by atoms with Crippen molar-refractivity contribution in [3.8, 4) is 0 Å². The van der Waals surface area contributed by atoms with E-state index in [2.05, 4.69) is 24.3 Å². The third kappa shape index (κ3) is 5.01. The quantitative estimate of drug-likeness (QED) is 0.134. The Hall–Kier alpha value is -6.14. The fourth-order valence-electron chi connectivity index (χ4n) is 9.19. The predicted octanol–water partition coefficient (Wildman–Crippen LogP) is 8.17. The summed E-state index contributed by atoms with van der Waals surface area (Å²) >= 11 is 0. The van der Waals surface area contributed by atoms with E-state index in [1.807, 2.05) is 121 Å². The minimum Gasteiger partial charge on any atom is -0.274 e. The van der Waals surface area contributed by atoms with Gasteiger partial charge in [0.1, 0.15) is 0 Å². The molecule has 0 bridgehead atoms. The first-order valence-electron chi connectivity index (χ1n) is 17.9. The number of fused-ring (bicyclic) bond motifs is 2. The van der Waals surface area contributed by atoms with Crippen LogP contribution in [0.25, 0.3) is 0 Å². The van der Waals surface area contributed by atoms with Crippen molar-refractivity contribution in [3.05, 3.63) is 192 Å². The zero-order chi connectivity index (χ0) is 35.3. The summed E-state index contributed by atoms with van der Waals surface area (Å²) in [6.07, 6.45) is 8.25. The first kappa shape index (κ1) is 31.8. The van der Waals surface area contributed by atoms with Crippen molar-refractivity contribution < 1.29 is 19.2 Å². The van der Waals surface area contributed by atoms with E-state index in [4.69, 9.17) is 0 Å². The lowest BCUT2D eigenvalue weighted by Crippen LogP contribution is -2.37. The van der Waals surface area contributed by atoms with Crippen LogP contribution in [0.1, 0.15) is 45.9 Å². The first-order chi connectivity index (χ1) is 25.5. The Morgan fingerprint density at radius 1 is 0.288 bits per heavy atom. The molecule has 8 atom stereocenters.